The molecule has 1 amide bonds. The number of hydrogen-bond acceptors (Lipinski definition) is 2. The smallest absolute Gasteiger partial charge is 0.237 e. The molecular weight excluding hydrogens is 238 g/mol. The molecule has 2 rings (SSSR count). The fraction of sp³-hybridized carbons (Fsp3) is 0.462. The Bertz CT molecular complexity index is 447. The lowest BCUT2D eigenvalue weighted by molar-refractivity contribution is -0.122. The van der Waals surface area contributed by atoms with Crippen LogP contribution in [0.15, 0.2) is 18.2 Å². The number of carbonyl (C=O) groups is 1. The Morgan fingerprint density at radius 3 is 2.72 bits per heavy atom. The van der Waals surface area contributed by atoms with Crippen LogP contribution in [0.3, 0.4) is 0 Å². The van der Waals surface area contributed by atoms with Gasteiger partial charge in [-0.3, -0.25) is 4.79 Å². The molecule has 1 aliphatic rings. The van der Waals surface area contributed by atoms with Gasteiger partial charge >= 0.3 is 0 Å². The highest BCUT2D eigenvalue weighted by Gasteiger charge is 2.26. The Balaban J connectivity index is 1.82. The SMILES string of the molecule is N[C@@H](CC1CC1)C(=O)NCc1ccc(F)c(F)c1. The molecule has 0 unspecified atom stereocenters. The van der Waals surface area contributed by atoms with Crippen molar-refractivity contribution in [3.05, 3.63) is 35.4 Å². The van der Waals surface area contributed by atoms with Crippen molar-refractivity contribution in [2.45, 2.75) is 31.8 Å². The third-order valence-electron chi connectivity index (χ3n) is 3.07. The molecule has 3 N–H and O–H groups in total. The van der Waals surface area contributed by atoms with Gasteiger partial charge in [0.25, 0.3) is 0 Å². The fourth-order valence-corrected chi connectivity index (χ4v) is 1.79. The summed E-state index contributed by atoms with van der Waals surface area (Å²) in [4.78, 5) is 11.6. The number of carbonyl (C=O) groups excluding carboxylic acids is 1. The summed E-state index contributed by atoms with van der Waals surface area (Å²) < 4.78 is 25.6. The molecule has 1 aromatic carbocycles. The maximum atomic E-state index is 12.9. The minimum absolute atomic E-state index is 0.161. The summed E-state index contributed by atoms with van der Waals surface area (Å²) in [5, 5.41) is 2.63. The average molecular weight is 254 g/mol. The van der Waals surface area contributed by atoms with E-state index in [-0.39, 0.29) is 12.5 Å². The van der Waals surface area contributed by atoms with Crippen molar-refractivity contribution in [2.24, 2.45) is 11.7 Å². The largest absolute Gasteiger partial charge is 0.351 e. The van der Waals surface area contributed by atoms with Gasteiger partial charge in [-0.05, 0) is 30.0 Å². The van der Waals surface area contributed by atoms with Gasteiger partial charge in [-0.1, -0.05) is 18.9 Å². The van der Waals surface area contributed by atoms with Crippen LogP contribution in [0.25, 0.3) is 0 Å². The van der Waals surface area contributed by atoms with E-state index in [1.54, 1.807) is 0 Å². The molecule has 18 heavy (non-hydrogen) atoms. The molecule has 1 atom stereocenters. The van der Waals surface area contributed by atoms with Gasteiger partial charge < -0.3 is 11.1 Å². The summed E-state index contributed by atoms with van der Waals surface area (Å²) in [6.07, 6.45) is 2.98. The highest BCUT2D eigenvalue weighted by Crippen LogP contribution is 2.33. The Morgan fingerprint density at radius 1 is 1.39 bits per heavy atom. The van der Waals surface area contributed by atoms with E-state index in [0.29, 0.717) is 17.9 Å². The van der Waals surface area contributed by atoms with Crippen LogP contribution in [0.5, 0.6) is 0 Å². The molecule has 0 saturated heterocycles. The van der Waals surface area contributed by atoms with E-state index in [1.807, 2.05) is 0 Å². The van der Waals surface area contributed by atoms with Gasteiger partial charge in [0.2, 0.25) is 5.91 Å². The molecule has 1 fully saturated rings. The summed E-state index contributed by atoms with van der Waals surface area (Å²) >= 11 is 0. The number of nitrogens with one attached hydrogen (secondary N) is 1. The number of benzene rings is 1. The van der Waals surface area contributed by atoms with Crippen LogP contribution >= 0.6 is 0 Å². The first kappa shape index (κ1) is 13.0. The van der Waals surface area contributed by atoms with Crippen LogP contribution in [0, 0.1) is 17.6 Å². The minimum Gasteiger partial charge on any atom is -0.351 e. The summed E-state index contributed by atoms with van der Waals surface area (Å²) in [7, 11) is 0. The monoisotopic (exact) mass is 254 g/mol. The number of hydrogen-bond donors (Lipinski definition) is 2. The first-order valence-corrected chi connectivity index (χ1v) is 6.03. The van der Waals surface area contributed by atoms with Crippen molar-refractivity contribution in [3.8, 4) is 0 Å². The molecule has 5 heteroatoms. The van der Waals surface area contributed by atoms with Crippen LogP contribution in [0.2, 0.25) is 0 Å². The predicted octanol–water partition coefficient (Wildman–Crippen LogP) is 1.71. The summed E-state index contributed by atoms with van der Waals surface area (Å²) in [5.74, 6) is -1.47. The first-order valence-electron chi connectivity index (χ1n) is 6.03. The zero-order chi connectivity index (χ0) is 13.1. The van der Waals surface area contributed by atoms with E-state index in [9.17, 15) is 13.6 Å². The fourth-order valence-electron chi connectivity index (χ4n) is 1.79. The molecule has 0 radical (unpaired) electrons. The van der Waals surface area contributed by atoms with E-state index in [1.165, 1.54) is 6.07 Å². The van der Waals surface area contributed by atoms with Crippen molar-refractivity contribution in [3.63, 3.8) is 0 Å². The van der Waals surface area contributed by atoms with Crippen molar-refractivity contribution >= 4 is 5.91 Å². The summed E-state index contributed by atoms with van der Waals surface area (Å²) in [6, 6.07) is 3.04. The zero-order valence-corrected chi connectivity index (χ0v) is 9.96. The minimum atomic E-state index is -0.913. The Kier molecular flexibility index (Phi) is 3.91. The van der Waals surface area contributed by atoms with Gasteiger partial charge in [-0.15, -0.1) is 0 Å². The molecular formula is C13H16F2N2O. The van der Waals surface area contributed by atoms with Gasteiger partial charge in [0.15, 0.2) is 11.6 Å². The van der Waals surface area contributed by atoms with E-state index in [2.05, 4.69) is 5.32 Å². The van der Waals surface area contributed by atoms with Crippen LogP contribution in [0.4, 0.5) is 8.78 Å². The lowest BCUT2D eigenvalue weighted by Crippen LogP contribution is -2.40. The second kappa shape index (κ2) is 5.44. The number of halogens is 2. The molecule has 0 heterocycles. The van der Waals surface area contributed by atoms with Crippen LogP contribution in [-0.2, 0) is 11.3 Å². The molecule has 0 spiro atoms. The first-order chi connectivity index (χ1) is 8.56. The van der Waals surface area contributed by atoms with Gasteiger partial charge in [0.05, 0.1) is 6.04 Å². The van der Waals surface area contributed by atoms with E-state index < -0.39 is 17.7 Å². The van der Waals surface area contributed by atoms with E-state index in [4.69, 9.17) is 5.73 Å². The molecule has 1 aromatic rings. The molecule has 0 aliphatic heterocycles. The number of amides is 1. The van der Waals surface area contributed by atoms with Crippen LogP contribution in [0.1, 0.15) is 24.8 Å². The maximum Gasteiger partial charge on any atom is 0.237 e. The van der Waals surface area contributed by atoms with Crippen molar-refractivity contribution in [1.29, 1.82) is 0 Å². The molecule has 1 aliphatic carbocycles. The number of rotatable bonds is 5. The lowest BCUT2D eigenvalue weighted by atomic mass is 10.1. The van der Waals surface area contributed by atoms with Gasteiger partial charge in [0.1, 0.15) is 0 Å². The summed E-state index contributed by atoms with van der Waals surface area (Å²) in [5.41, 5.74) is 6.24. The molecule has 0 bridgehead atoms. The number of nitrogens with two attached hydrogens (primary N) is 1. The second-order valence-electron chi connectivity index (χ2n) is 4.75. The zero-order valence-electron chi connectivity index (χ0n) is 9.96. The van der Waals surface area contributed by atoms with Gasteiger partial charge in [-0.2, -0.15) is 0 Å². The van der Waals surface area contributed by atoms with Gasteiger partial charge in [-0.25, -0.2) is 8.78 Å². The quantitative estimate of drug-likeness (QED) is 0.840. The van der Waals surface area contributed by atoms with Crippen molar-refractivity contribution in [1.82, 2.24) is 5.32 Å². The van der Waals surface area contributed by atoms with E-state index >= 15 is 0 Å². The average Bonchev–Trinajstić information content (AvgIpc) is 3.14. The maximum absolute atomic E-state index is 12.9. The van der Waals surface area contributed by atoms with Gasteiger partial charge in [0, 0.05) is 6.54 Å². The molecule has 1 saturated carbocycles. The third-order valence-corrected chi connectivity index (χ3v) is 3.07. The molecule has 0 aromatic heterocycles. The normalized spacial score (nSPS) is 16.4. The Morgan fingerprint density at radius 2 is 2.11 bits per heavy atom. The van der Waals surface area contributed by atoms with Crippen LogP contribution < -0.4 is 11.1 Å². The van der Waals surface area contributed by atoms with Crippen molar-refractivity contribution < 1.29 is 13.6 Å². The topological polar surface area (TPSA) is 55.1 Å². The highest BCUT2D eigenvalue weighted by molar-refractivity contribution is 5.81. The Hall–Kier alpha value is -1.49. The lowest BCUT2D eigenvalue weighted by Gasteiger charge is -2.11. The van der Waals surface area contributed by atoms with E-state index in [0.717, 1.165) is 25.0 Å². The summed E-state index contributed by atoms with van der Waals surface area (Å²) in [6.45, 7) is 0.161. The molecule has 3 nitrogen and oxygen atoms in total. The standard InChI is InChI=1S/C13H16F2N2O/c14-10-4-3-9(5-11(10)15)7-17-13(18)12(16)6-8-1-2-8/h3-5,8,12H,1-2,6-7,16H2,(H,17,18)/t12-/m0/s1. The highest BCUT2D eigenvalue weighted by atomic mass is 19.2. The second-order valence-corrected chi connectivity index (χ2v) is 4.75. The predicted molar refractivity (Wildman–Crippen MR) is 63.5 cm³/mol. The van der Waals surface area contributed by atoms with Crippen molar-refractivity contribution in [2.75, 3.05) is 0 Å². The molecule has 98 valence electrons. The Labute approximate surface area is 104 Å². The van der Waals surface area contributed by atoms with Crippen LogP contribution in [-0.4, -0.2) is 11.9 Å². The third kappa shape index (κ3) is 3.50.